The fraction of sp³-hybridized carbons (Fsp3) is 0.644. The molecule has 0 saturated carbocycles. The van der Waals surface area contributed by atoms with Gasteiger partial charge >= 0.3 is 0 Å². The highest BCUT2D eigenvalue weighted by Gasteiger charge is 2.41. The van der Waals surface area contributed by atoms with E-state index in [1.807, 2.05) is 18.6 Å². The van der Waals surface area contributed by atoms with Gasteiger partial charge < -0.3 is 37.9 Å². The predicted molar refractivity (Wildman–Crippen MR) is 252 cm³/mol. The Morgan fingerprint density at radius 2 is 0.875 bits per heavy atom. The summed E-state index contributed by atoms with van der Waals surface area (Å²) in [7, 11) is -1.81. The highest BCUT2D eigenvalue weighted by atomic mass is 79.9. The van der Waals surface area contributed by atoms with E-state index in [1.165, 1.54) is 0 Å². The number of hydrogen-bond donors (Lipinski definition) is 0. The molecule has 3 heterocycles. The second-order valence-electron chi connectivity index (χ2n) is 16.2. The Kier molecular flexibility index (Phi) is 26.7. The Hall–Kier alpha value is -3.68. The predicted octanol–water partition coefficient (Wildman–Crippen LogP) is 6.33. The molecule has 64 heavy (non-hydrogen) atoms. The van der Waals surface area contributed by atoms with Crippen LogP contribution in [-0.2, 0) is 77.3 Å². The normalized spacial score (nSPS) is 13.8. The Morgan fingerprint density at radius 3 is 1.20 bits per heavy atom. The minimum Gasteiger partial charge on any atom is -0.372 e. The molecule has 0 bridgehead atoms. The molecule has 19 heteroatoms. The van der Waals surface area contributed by atoms with Gasteiger partial charge in [0, 0.05) is 5.33 Å². The van der Waals surface area contributed by atoms with Crippen LogP contribution in [0.1, 0.15) is 58.6 Å². The van der Waals surface area contributed by atoms with E-state index in [9.17, 15) is 0 Å². The summed E-state index contributed by atoms with van der Waals surface area (Å²) in [6, 6.07) is 0. The summed E-state index contributed by atoms with van der Waals surface area (Å²) in [5.74, 6) is 3.36. The van der Waals surface area contributed by atoms with Gasteiger partial charge in [0.2, 0.25) is 0 Å². The zero-order chi connectivity index (χ0) is 46.6. The van der Waals surface area contributed by atoms with Crippen LogP contribution in [0.25, 0.3) is 0 Å². The third-order valence-corrected chi connectivity index (χ3v) is 17.3. The zero-order valence-corrected chi connectivity index (χ0v) is 41.5. The van der Waals surface area contributed by atoms with Crippen molar-refractivity contribution in [3.8, 4) is 11.5 Å². The molecular weight excluding hydrogens is 903 g/mol. The average molecular weight is 975 g/mol. The molecule has 356 valence electrons. The largest absolute Gasteiger partial charge is 0.372 e. The van der Waals surface area contributed by atoms with Crippen molar-refractivity contribution in [1.82, 2.24) is 45.0 Å². The van der Waals surface area contributed by atoms with E-state index >= 15 is 0 Å². The third-order valence-electron chi connectivity index (χ3n) is 10.2. The molecule has 0 fully saturated rings. The minimum absolute atomic E-state index is 0.0838. The molecule has 17 nitrogen and oxygen atoms in total. The smallest absolute Gasteiger partial charge is 0.146 e. The van der Waals surface area contributed by atoms with Crippen molar-refractivity contribution >= 4 is 24.0 Å². The summed E-state index contributed by atoms with van der Waals surface area (Å²) in [6.45, 7) is 34.2. The van der Waals surface area contributed by atoms with Crippen LogP contribution >= 0.6 is 15.9 Å². The SMILES string of the molecule is C=CCO[C@H](COCC#C[Si](C(C)C)(C(C)C)C(C)C)Cn1cc(COC[C@@H](Cn2cc(COC[C@@H](Cn3cc(COC[C@H](CBr)OCC=C)nn3)OCC=C)nn2)OCC=C)nn1. The number of halogens is 1. The van der Waals surface area contributed by atoms with Gasteiger partial charge in [-0.25, -0.2) is 14.0 Å². The number of ether oxygens (including phenoxy) is 8. The number of nitrogens with zero attached hydrogens (tertiary/aromatic N) is 9. The van der Waals surface area contributed by atoms with E-state index in [2.05, 4.69) is 126 Å². The lowest BCUT2D eigenvalue weighted by Gasteiger charge is -2.38. The Balaban J connectivity index is 1.46. The fourth-order valence-electron chi connectivity index (χ4n) is 7.27. The van der Waals surface area contributed by atoms with Gasteiger partial charge in [0.1, 0.15) is 50.1 Å². The molecule has 0 radical (unpaired) electrons. The first-order valence-corrected chi connectivity index (χ1v) is 25.3. The molecule has 4 atom stereocenters. The second-order valence-corrected chi connectivity index (χ2v) is 22.4. The van der Waals surface area contributed by atoms with Crippen molar-refractivity contribution in [2.45, 2.75) is 122 Å². The van der Waals surface area contributed by atoms with Gasteiger partial charge in [-0.3, -0.25) is 0 Å². The first-order valence-electron chi connectivity index (χ1n) is 21.9. The highest BCUT2D eigenvalue weighted by molar-refractivity contribution is 9.09. The monoisotopic (exact) mass is 973 g/mol. The van der Waals surface area contributed by atoms with Crippen LogP contribution in [0.5, 0.6) is 0 Å². The van der Waals surface area contributed by atoms with E-state index in [0.29, 0.717) is 112 Å². The average Bonchev–Trinajstić information content (AvgIpc) is 4.04. The minimum atomic E-state index is -1.81. The van der Waals surface area contributed by atoms with Gasteiger partial charge in [0.05, 0.1) is 117 Å². The number of rotatable bonds is 37. The molecule has 0 unspecified atom stereocenters. The third kappa shape index (κ3) is 19.8. The van der Waals surface area contributed by atoms with Crippen molar-refractivity contribution < 1.29 is 37.9 Å². The van der Waals surface area contributed by atoms with Crippen molar-refractivity contribution in [1.29, 1.82) is 0 Å². The van der Waals surface area contributed by atoms with E-state index in [4.69, 9.17) is 37.9 Å². The second kappa shape index (κ2) is 31.3. The van der Waals surface area contributed by atoms with Crippen molar-refractivity contribution in [2.75, 3.05) is 64.8 Å². The zero-order valence-electron chi connectivity index (χ0n) is 38.9. The fourth-order valence-corrected chi connectivity index (χ4v) is 12.9. The van der Waals surface area contributed by atoms with Gasteiger partial charge in [-0.1, -0.05) is 103 Å². The summed E-state index contributed by atoms with van der Waals surface area (Å²) in [5.41, 5.74) is 7.43. The molecule has 0 aliphatic heterocycles. The Morgan fingerprint density at radius 1 is 0.547 bits per heavy atom. The van der Waals surface area contributed by atoms with Crippen LogP contribution in [0.3, 0.4) is 0 Å². The molecule has 0 aliphatic rings. The number of alkyl halides is 1. The van der Waals surface area contributed by atoms with Gasteiger partial charge in [0.25, 0.3) is 0 Å². The van der Waals surface area contributed by atoms with Crippen LogP contribution < -0.4 is 0 Å². The first kappa shape index (κ1) is 54.6. The standard InChI is InChI=1S/C45H72BrN9O8Si/c1-11-16-60-42(22-46)32-57-29-39-23-54(51-47-39)27-44(62-18-13-3)34-59-31-41-25-55(52-49-41)28-45(63-19-14-4)35-58-30-40-24-53(50-48-40)26-43(61-17-12-2)33-56-20-15-21-64(36(5)6,37(7)8)38(9)10/h11-14,23-25,36-38,42-45H,1-4,16-20,22,26-35H2,5-10H3/t42-,43-,44+,45+/m0/s1. The highest BCUT2D eigenvalue weighted by Crippen LogP contribution is 2.40. The molecular formula is C45H72BrN9O8Si. The maximum absolute atomic E-state index is 6.04. The molecule has 0 spiro atoms. The summed E-state index contributed by atoms with van der Waals surface area (Å²) >= 11 is 3.44. The summed E-state index contributed by atoms with van der Waals surface area (Å²) in [4.78, 5) is 0. The molecule has 0 aromatic carbocycles. The number of hydrogen-bond acceptors (Lipinski definition) is 14. The summed E-state index contributed by atoms with van der Waals surface area (Å²) in [6.07, 6.45) is 11.3. The maximum atomic E-state index is 6.04. The molecule has 0 N–H and O–H groups in total. The van der Waals surface area contributed by atoms with E-state index in [-0.39, 0.29) is 50.8 Å². The summed E-state index contributed by atoms with van der Waals surface area (Å²) < 4.78 is 52.6. The molecule has 3 aromatic rings. The lowest BCUT2D eigenvalue weighted by atomic mass is 10.3. The van der Waals surface area contributed by atoms with Crippen LogP contribution in [0.2, 0.25) is 16.6 Å². The van der Waals surface area contributed by atoms with Gasteiger partial charge in [-0.2, -0.15) is 0 Å². The van der Waals surface area contributed by atoms with Gasteiger partial charge in [-0.05, 0) is 16.6 Å². The quantitative estimate of drug-likeness (QED) is 0.0207. The van der Waals surface area contributed by atoms with Crippen LogP contribution in [-0.4, -0.2) is 142 Å². The van der Waals surface area contributed by atoms with Crippen LogP contribution in [0.4, 0.5) is 0 Å². The van der Waals surface area contributed by atoms with Gasteiger partial charge in [0.15, 0.2) is 0 Å². The Bertz CT molecular complexity index is 1810. The summed E-state index contributed by atoms with van der Waals surface area (Å²) in [5, 5.41) is 26.3. The van der Waals surface area contributed by atoms with Crippen LogP contribution in [0, 0.1) is 11.5 Å². The van der Waals surface area contributed by atoms with Crippen molar-refractivity contribution in [3.05, 3.63) is 86.3 Å². The maximum Gasteiger partial charge on any atom is 0.146 e. The van der Waals surface area contributed by atoms with E-state index < -0.39 is 8.07 Å². The molecule has 3 rings (SSSR count). The lowest BCUT2D eigenvalue weighted by Crippen LogP contribution is -2.43. The molecule has 3 aromatic heterocycles. The van der Waals surface area contributed by atoms with Gasteiger partial charge in [-0.15, -0.1) is 47.2 Å². The van der Waals surface area contributed by atoms with Crippen molar-refractivity contribution in [2.24, 2.45) is 0 Å². The molecule has 0 aliphatic carbocycles. The molecule has 0 amide bonds. The van der Waals surface area contributed by atoms with Crippen molar-refractivity contribution in [3.63, 3.8) is 0 Å². The molecule has 0 saturated heterocycles. The van der Waals surface area contributed by atoms with Crippen LogP contribution in [0.15, 0.2) is 69.2 Å². The lowest BCUT2D eigenvalue weighted by molar-refractivity contribution is -0.0224. The van der Waals surface area contributed by atoms with E-state index in [0.717, 1.165) is 0 Å². The van der Waals surface area contributed by atoms with E-state index in [1.54, 1.807) is 38.3 Å². The topological polar surface area (TPSA) is 166 Å². The Labute approximate surface area is 390 Å². The first-order chi connectivity index (χ1) is 31.0. The number of aromatic nitrogens is 9.